The second-order valence-electron chi connectivity index (χ2n) is 5.00. The number of carbonyl (C=O) groups is 1. The van der Waals surface area contributed by atoms with E-state index in [0.29, 0.717) is 10.7 Å². The topological polar surface area (TPSA) is 29.1 Å². The van der Waals surface area contributed by atoms with E-state index in [1.165, 1.54) is 12.8 Å². The molecular formula is C14H17Br2NO. The minimum Gasteiger partial charge on any atom is -0.352 e. The molecule has 1 amide bonds. The fraction of sp³-hybridized carbons (Fsp3) is 0.500. The quantitative estimate of drug-likeness (QED) is 0.794. The Kier molecular flexibility index (Phi) is 4.84. The summed E-state index contributed by atoms with van der Waals surface area (Å²) in [5.41, 5.74) is 1.83. The Bertz CT molecular complexity index is 427. The van der Waals surface area contributed by atoms with Crippen molar-refractivity contribution in [1.82, 2.24) is 5.32 Å². The first-order valence-corrected chi connectivity index (χ1v) is 7.95. The molecule has 98 valence electrons. The lowest BCUT2D eigenvalue weighted by Gasteiger charge is -2.11. The molecule has 0 saturated heterocycles. The SMILES string of the molecule is Cc1cc(Br)cc(C(=O)NCC2CCC(Br)C2)c1. The Labute approximate surface area is 125 Å². The lowest BCUT2D eigenvalue weighted by molar-refractivity contribution is 0.0947. The fourth-order valence-electron chi connectivity index (χ4n) is 2.41. The van der Waals surface area contributed by atoms with Crippen molar-refractivity contribution in [3.8, 4) is 0 Å². The van der Waals surface area contributed by atoms with E-state index in [1.807, 2.05) is 25.1 Å². The van der Waals surface area contributed by atoms with E-state index in [9.17, 15) is 4.79 Å². The van der Waals surface area contributed by atoms with Gasteiger partial charge in [0.1, 0.15) is 0 Å². The summed E-state index contributed by atoms with van der Waals surface area (Å²) in [6.07, 6.45) is 3.59. The molecule has 0 radical (unpaired) electrons. The fourth-order valence-corrected chi connectivity index (χ4v) is 3.81. The molecule has 0 spiro atoms. The van der Waals surface area contributed by atoms with Crippen molar-refractivity contribution in [3.05, 3.63) is 33.8 Å². The van der Waals surface area contributed by atoms with Crippen LogP contribution in [0.4, 0.5) is 0 Å². The van der Waals surface area contributed by atoms with Crippen LogP contribution in [0, 0.1) is 12.8 Å². The van der Waals surface area contributed by atoms with Crippen LogP contribution in [-0.4, -0.2) is 17.3 Å². The average Bonchev–Trinajstić information content (AvgIpc) is 2.70. The summed E-state index contributed by atoms with van der Waals surface area (Å²) < 4.78 is 0.953. The highest BCUT2D eigenvalue weighted by molar-refractivity contribution is 9.10. The van der Waals surface area contributed by atoms with E-state index in [1.54, 1.807) is 0 Å². The number of aryl methyl sites for hydroxylation is 1. The third-order valence-corrected chi connectivity index (χ3v) is 4.62. The molecule has 2 unspecified atom stereocenters. The van der Waals surface area contributed by atoms with Gasteiger partial charge in [0.05, 0.1) is 0 Å². The van der Waals surface area contributed by atoms with Gasteiger partial charge < -0.3 is 5.32 Å². The summed E-state index contributed by atoms with van der Waals surface area (Å²) >= 11 is 7.05. The minimum atomic E-state index is 0.0254. The molecule has 1 fully saturated rings. The highest BCUT2D eigenvalue weighted by atomic mass is 79.9. The Morgan fingerprint density at radius 1 is 1.39 bits per heavy atom. The van der Waals surface area contributed by atoms with Crippen molar-refractivity contribution >= 4 is 37.8 Å². The number of hydrogen-bond donors (Lipinski definition) is 1. The Balaban J connectivity index is 1.91. The third kappa shape index (κ3) is 3.82. The predicted molar refractivity (Wildman–Crippen MR) is 81.3 cm³/mol. The van der Waals surface area contributed by atoms with Gasteiger partial charge in [0.25, 0.3) is 5.91 Å². The van der Waals surface area contributed by atoms with E-state index in [4.69, 9.17) is 0 Å². The van der Waals surface area contributed by atoms with E-state index in [0.717, 1.165) is 28.6 Å². The van der Waals surface area contributed by atoms with Crippen molar-refractivity contribution in [1.29, 1.82) is 0 Å². The number of nitrogens with one attached hydrogen (secondary N) is 1. The Hall–Kier alpha value is -0.350. The van der Waals surface area contributed by atoms with E-state index >= 15 is 0 Å². The van der Waals surface area contributed by atoms with Crippen LogP contribution in [0.5, 0.6) is 0 Å². The van der Waals surface area contributed by atoms with Crippen LogP contribution in [0.25, 0.3) is 0 Å². The van der Waals surface area contributed by atoms with Gasteiger partial charge in [-0.15, -0.1) is 0 Å². The average molecular weight is 375 g/mol. The zero-order chi connectivity index (χ0) is 13.1. The van der Waals surface area contributed by atoms with Crippen molar-refractivity contribution in [2.75, 3.05) is 6.54 Å². The lowest BCUT2D eigenvalue weighted by atomic mass is 10.1. The maximum atomic E-state index is 12.0. The maximum Gasteiger partial charge on any atom is 0.251 e. The highest BCUT2D eigenvalue weighted by Gasteiger charge is 2.22. The molecule has 0 bridgehead atoms. The molecule has 1 aliphatic rings. The molecule has 1 N–H and O–H groups in total. The molecule has 4 heteroatoms. The first-order valence-electron chi connectivity index (χ1n) is 6.24. The molecule has 1 saturated carbocycles. The summed E-state index contributed by atoms with van der Waals surface area (Å²) in [7, 11) is 0. The predicted octanol–water partition coefficient (Wildman–Crippen LogP) is 4.05. The molecular weight excluding hydrogens is 358 g/mol. The highest BCUT2D eigenvalue weighted by Crippen LogP contribution is 2.30. The van der Waals surface area contributed by atoms with Gasteiger partial charge >= 0.3 is 0 Å². The molecule has 2 rings (SSSR count). The number of amides is 1. The van der Waals surface area contributed by atoms with Gasteiger partial charge in [-0.1, -0.05) is 31.9 Å². The van der Waals surface area contributed by atoms with Crippen molar-refractivity contribution < 1.29 is 4.79 Å². The van der Waals surface area contributed by atoms with E-state index in [-0.39, 0.29) is 5.91 Å². The van der Waals surface area contributed by atoms with Gasteiger partial charge in [-0.2, -0.15) is 0 Å². The van der Waals surface area contributed by atoms with E-state index in [2.05, 4.69) is 37.2 Å². The van der Waals surface area contributed by atoms with Crippen LogP contribution in [-0.2, 0) is 0 Å². The Morgan fingerprint density at radius 2 is 2.17 bits per heavy atom. The van der Waals surface area contributed by atoms with Crippen LogP contribution >= 0.6 is 31.9 Å². The summed E-state index contributed by atoms with van der Waals surface area (Å²) in [5, 5.41) is 3.04. The zero-order valence-electron chi connectivity index (χ0n) is 10.4. The van der Waals surface area contributed by atoms with Crippen LogP contribution in [0.2, 0.25) is 0 Å². The number of carbonyl (C=O) groups excluding carboxylic acids is 1. The molecule has 1 aliphatic carbocycles. The molecule has 2 atom stereocenters. The second-order valence-corrected chi connectivity index (χ2v) is 7.21. The largest absolute Gasteiger partial charge is 0.352 e. The Morgan fingerprint density at radius 3 is 2.78 bits per heavy atom. The van der Waals surface area contributed by atoms with Crippen molar-refractivity contribution in [2.24, 2.45) is 5.92 Å². The van der Waals surface area contributed by atoms with Crippen LogP contribution in [0.1, 0.15) is 35.2 Å². The number of benzene rings is 1. The summed E-state index contributed by atoms with van der Waals surface area (Å²) in [4.78, 5) is 12.7. The molecule has 0 aromatic heterocycles. The first-order chi connectivity index (χ1) is 8.54. The molecule has 1 aromatic rings. The van der Waals surface area contributed by atoms with Gasteiger partial charge in [-0.3, -0.25) is 4.79 Å². The number of rotatable bonds is 3. The van der Waals surface area contributed by atoms with Crippen LogP contribution in [0.15, 0.2) is 22.7 Å². The van der Waals surface area contributed by atoms with Gasteiger partial charge in [0.15, 0.2) is 0 Å². The molecule has 18 heavy (non-hydrogen) atoms. The van der Waals surface area contributed by atoms with Crippen molar-refractivity contribution in [2.45, 2.75) is 31.0 Å². The number of halogens is 2. The van der Waals surface area contributed by atoms with Gasteiger partial charge in [-0.25, -0.2) is 0 Å². The van der Waals surface area contributed by atoms with Crippen molar-refractivity contribution in [3.63, 3.8) is 0 Å². The molecule has 1 aromatic carbocycles. The van der Waals surface area contributed by atoms with Crippen LogP contribution in [0.3, 0.4) is 0 Å². The smallest absolute Gasteiger partial charge is 0.251 e. The number of hydrogen-bond acceptors (Lipinski definition) is 1. The standard InChI is InChI=1S/C14H17Br2NO/c1-9-4-11(7-13(16)5-9)14(18)17-8-10-2-3-12(15)6-10/h4-5,7,10,12H,2-3,6,8H2,1H3,(H,17,18). The monoisotopic (exact) mass is 373 g/mol. The van der Waals surface area contributed by atoms with Crippen LogP contribution < -0.4 is 5.32 Å². The maximum absolute atomic E-state index is 12.0. The summed E-state index contributed by atoms with van der Waals surface area (Å²) in [6.45, 7) is 2.78. The summed E-state index contributed by atoms with van der Waals surface area (Å²) in [5.74, 6) is 0.643. The molecule has 0 aliphatic heterocycles. The first kappa shape index (κ1) is 14.1. The van der Waals surface area contributed by atoms with Gasteiger partial charge in [0, 0.05) is 21.4 Å². The molecule has 0 heterocycles. The normalized spacial score (nSPS) is 23.1. The van der Waals surface area contributed by atoms with Gasteiger partial charge in [-0.05, 0) is 55.9 Å². The molecule has 2 nitrogen and oxygen atoms in total. The zero-order valence-corrected chi connectivity index (χ0v) is 13.6. The van der Waals surface area contributed by atoms with E-state index < -0.39 is 0 Å². The second kappa shape index (κ2) is 6.20. The van der Waals surface area contributed by atoms with Gasteiger partial charge in [0.2, 0.25) is 0 Å². The number of alkyl halides is 1. The summed E-state index contributed by atoms with van der Waals surface area (Å²) in [6, 6.07) is 5.79. The third-order valence-electron chi connectivity index (χ3n) is 3.33. The minimum absolute atomic E-state index is 0.0254. The lowest BCUT2D eigenvalue weighted by Crippen LogP contribution is -2.28.